The summed E-state index contributed by atoms with van der Waals surface area (Å²) in [6.07, 6.45) is -15.6. The van der Waals surface area contributed by atoms with Gasteiger partial charge in [0.1, 0.15) is 11.6 Å². The smallest absolute Gasteiger partial charge is 0.406 e. The largest absolute Gasteiger partial charge is 0.573 e. The van der Waals surface area contributed by atoms with Crippen molar-refractivity contribution in [2.75, 3.05) is 26.2 Å². The maximum Gasteiger partial charge on any atom is 0.573 e. The van der Waals surface area contributed by atoms with Crippen molar-refractivity contribution in [3.63, 3.8) is 0 Å². The Morgan fingerprint density at radius 1 is 0.818 bits per heavy atom. The lowest BCUT2D eigenvalue weighted by atomic mass is 9.90. The summed E-state index contributed by atoms with van der Waals surface area (Å²) in [5.74, 6) is -2.38. The molecule has 2 aromatic carbocycles. The first kappa shape index (κ1) is 25.1. The van der Waals surface area contributed by atoms with E-state index in [0.29, 0.717) is 13.1 Å². The van der Waals surface area contributed by atoms with E-state index in [-0.39, 0.29) is 30.8 Å². The van der Waals surface area contributed by atoms with Gasteiger partial charge in [-0.25, -0.2) is 4.39 Å². The molecule has 1 fully saturated rings. The molecule has 2 aromatic rings. The zero-order valence-corrected chi connectivity index (χ0v) is 16.5. The molecule has 0 aliphatic carbocycles. The van der Waals surface area contributed by atoms with E-state index in [2.05, 4.69) is 10.1 Å². The molecule has 13 heteroatoms. The molecule has 0 spiro atoms. The van der Waals surface area contributed by atoms with Gasteiger partial charge in [-0.2, -0.15) is 26.3 Å². The van der Waals surface area contributed by atoms with Gasteiger partial charge in [0, 0.05) is 31.7 Å². The standard InChI is InChI=1S/C20H16F10N2O/c21-15-10-12(18(22,23)24)9-14(19(25,26)27)16(15)17(32-7-5-31-6-8-32)11-1-3-13(4-2-11)33-20(28,29)30/h1-4,9-10,17,31H,5-8H2/t17-/m1/s1. The molecule has 3 rings (SSSR count). The van der Waals surface area contributed by atoms with Crippen LogP contribution in [0.3, 0.4) is 0 Å². The summed E-state index contributed by atoms with van der Waals surface area (Å²) in [5, 5.41) is 2.94. The van der Waals surface area contributed by atoms with E-state index in [1.54, 1.807) is 0 Å². The van der Waals surface area contributed by atoms with E-state index in [1.807, 2.05) is 0 Å². The second-order valence-electron chi connectivity index (χ2n) is 7.22. The number of hydrogen-bond donors (Lipinski definition) is 1. The van der Waals surface area contributed by atoms with Crippen molar-refractivity contribution < 1.29 is 48.6 Å². The minimum atomic E-state index is -5.33. The minimum absolute atomic E-state index is 0.0130. The number of rotatable bonds is 4. The van der Waals surface area contributed by atoms with Gasteiger partial charge in [-0.15, -0.1) is 13.2 Å². The molecule has 1 aliphatic heterocycles. The zero-order valence-electron chi connectivity index (χ0n) is 16.5. The predicted octanol–water partition coefficient (Wildman–Crippen LogP) is 5.76. The third-order valence-corrected chi connectivity index (χ3v) is 4.98. The van der Waals surface area contributed by atoms with Crippen LogP contribution in [0.1, 0.15) is 28.3 Å². The maximum atomic E-state index is 14.9. The Hall–Kier alpha value is -2.54. The van der Waals surface area contributed by atoms with Crippen molar-refractivity contribution in [2.45, 2.75) is 24.8 Å². The van der Waals surface area contributed by atoms with Crippen molar-refractivity contribution in [3.8, 4) is 5.75 Å². The van der Waals surface area contributed by atoms with Crippen LogP contribution < -0.4 is 10.1 Å². The molecule has 0 bridgehead atoms. The number of benzene rings is 2. The Bertz CT molecular complexity index is 961. The highest BCUT2D eigenvalue weighted by Gasteiger charge is 2.43. The highest BCUT2D eigenvalue weighted by atomic mass is 19.4. The number of piperazine rings is 1. The van der Waals surface area contributed by atoms with Crippen molar-refractivity contribution in [3.05, 3.63) is 64.5 Å². The van der Waals surface area contributed by atoms with Gasteiger partial charge in [0.05, 0.1) is 17.2 Å². The highest BCUT2D eigenvalue weighted by Crippen LogP contribution is 2.44. The zero-order chi connectivity index (χ0) is 24.6. The van der Waals surface area contributed by atoms with Gasteiger partial charge < -0.3 is 10.1 Å². The monoisotopic (exact) mass is 490 g/mol. The Labute approximate surface area is 180 Å². The Kier molecular flexibility index (Phi) is 6.85. The molecule has 1 atom stereocenters. The number of hydrogen-bond acceptors (Lipinski definition) is 3. The van der Waals surface area contributed by atoms with Gasteiger partial charge in [-0.1, -0.05) is 12.1 Å². The Morgan fingerprint density at radius 3 is 1.88 bits per heavy atom. The lowest BCUT2D eigenvalue weighted by Crippen LogP contribution is -2.46. The number of ether oxygens (including phenoxy) is 1. The summed E-state index contributed by atoms with van der Waals surface area (Å²) in [7, 11) is 0. The van der Waals surface area contributed by atoms with E-state index in [9.17, 15) is 43.9 Å². The van der Waals surface area contributed by atoms with Crippen LogP contribution in [-0.4, -0.2) is 37.4 Å². The van der Waals surface area contributed by atoms with E-state index in [1.165, 1.54) is 4.90 Å². The van der Waals surface area contributed by atoms with E-state index in [0.717, 1.165) is 24.3 Å². The normalized spacial score (nSPS) is 17.2. The second-order valence-corrected chi connectivity index (χ2v) is 7.22. The molecule has 0 aromatic heterocycles. The van der Waals surface area contributed by atoms with Crippen molar-refractivity contribution >= 4 is 0 Å². The molecule has 1 heterocycles. The van der Waals surface area contributed by atoms with Crippen LogP contribution in [0.15, 0.2) is 36.4 Å². The summed E-state index contributed by atoms with van der Waals surface area (Å²) >= 11 is 0. The molecule has 33 heavy (non-hydrogen) atoms. The predicted molar refractivity (Wildman–Crippen MR) is 95.8 cm³/mol. The Balaban J connectivity index is 2.17. The summed E-state index contributed by atoms with van der Waals surface area (Å²) < 4.78 is 137. The molecule has 0 saturated carbocycles. The van der Waals surface area contributed by atoms with Gasteiger partial charge >= 0.3 is 18.7 Å². The van der Waals surface area contributed by atoms with Crippen LogP contribution in [0.5, 0.6) is 5.75 Å². The van der Waals surface area contributed by atoms with Gasteiger partial charge in [-0.05, 0) is 29.8 Å². The SMILES string of the molecule is Fc1cc(C(F)(F)F)cc(C(F)(F)F)c1[C@@H](c1ccc(OC(F)(F)F)cc1)N1CCNCC1. The van der Waals surface area contributed by atoms with Crippen LogP contribution in [0, 0.1) is 5.82 Å². The fraction of sp³-hybridized carbons (Fsp3) is 0.400. The van der Waals surface area contributed by atoms with E-state index in [4.69, 9.17) is 0 Å². The average Bonchev–Trinajstić information content (AvgIpc) is 2.68. The lowest BCUT2D eigenvalue weighted by molar-refractivity contribution is -0.274. The molecule has 0 radical (unpaired) electrons. The van der Waals surface area contributed by atoms with E-state index < -0.39 is 53.0 Å². The topological polar surface area (TPSA) is 24.5 Å². The molecule has 1 N–H and O–H groups in total. The third-order valence-electron chi connectivity index (χ3n) is 4.98. The fourth-order valence-corrected chi connectivity index (χ4v) is 3.65. The van der Waals surface area contributed by atoms with Crippen LogP contribution in [0.25, 0.3) is 0 Å². The van der Waals surface area contributed by atoms with Gasteiger partial charge in [0.15, 0.2) is 0 Å². The molecule has 1 saturated heterocycles. The first-order valence-corrected chi connectivity index (χ1v) is 9.45. The molecule has 3 nitrogen and oxygen atoms in total. The number of alkyl halides is 9. The molecule has 0 unspecified atom stereocenters. The fourth-order valence-electron chi connectivity index (χ4n) is 3.65. The van der Waals surface area contributed by atoms with Crippen LogP contribution in [-0.2, 0) is 12.4 Å². The first-order valence-electron chi connectivity index (χ1n) is 9.45. The van der Waals surface area contributed by atoms with Gasteiger partial charge in [-0.3, -0.25) is 4.90 Å². The molecule has 182 valence electrons. The molecular formula is C20H16F10N2O. The van der Waals surface area contributed by atoms with Gasteiger partial charge in [0.2, 0.25) is 0 Å². The maximum absolute atomic E-state index is 14.9. The highest BCUT2D eigenvalue weighted by molar-refractivity contribution is 5.44. The first-order chi connectivity index (χ1) is 15.2. The van der Waals surface area contributed by atoms with Crippen molar-refractivity contribution in [2.24, 2.45) is 0 Å². The van der Waals surface area contributed by atoms with Crippen LogP contribution in [0.4, 0.5) is 43.9 Å². The summed E-state index contributed by atoms with van der Waals surface area (Å²) in [6, 6.07) is 2.04. The third kappa shape index (κ3) is 6.08. The number of nitrogens with one attached hydrogen (secondary N) is 1. The minimum Gasteiger partial charge on any atom is -0.406 e. The molecular weight excluding hydrogens is 474 g/mol. The second kappa shape index (κ2) is 9.01. The summed E-state index contributed by atoms with van der Waals surface area (Å²) in [4.78, 5) is 1.41. The molecule has 1 aliphatic rings. The lowest BCUT2D eigenvalue weighted by Gasteiger charge is -2.37. The molecule has 0 amide bonds. The van der Waals surface area contributed by atoms with Crippen molar-refractivity contribution in [1.82, 2.24) is 10.2 Å². The summed E-state index contributed by atoms with van der Waals surface area (Å²) in [6.45, 7) is 0.831. The van der Waals surface area contributed by atoms with Crippen LogP contribution >= 0.6 is 0 Å². The Morgan fingerprint density at radius 2 is 1.39 bits per heavy atom. The van der Waals surface area contributed by atoms with Gasteiger partial charge in [0.25, 0.3) is 0 Å². The number of nitrogens with zero attached hydrogens (tertiary/aromatic N) is 1. The quantitative estimate of drug-likeness (QED) is 0.552. The van der Waals surface area contributed by atoms with Crippen LogP contribution in [0.2, 0.25) is 0 Å². The summed E-state index contributed by atoms with van der Waals surface area (Å²) in [5.41, 5.74) is -4.70. The number of halogens is 10. The average molecular weight is 490 g/mol. The van der Waals surface area contributed by atoms with Crippen molar-refractivity contribution in [1.29, 1.82) is 0 Å². The van der Waals surface area contributed by atoms with E-state index >= 15 is 0 Å².